The van der Waals surface area contributed by atoms with Crippen molar-refractivity contribution in [2.75, 3.05) is 0 Å². The molecule has 10 aromatic carbocycles. The van der Waals surface area contributed by atoms with E-state index in [1.807, 2.05) is 133 Å². The lowest BCUT2D eigenvalue weighted by Crippen LogP contribution is -2.31. The van der Waals surface area contributed by atoms with Gasteiger partial charge < -0.3 is 13.7 Å². The molecule has 0 fully saturated rings. The monoisotopic (exact) mass is 927 g/mol. The van der Waals surface area contributed by atoms with Gasteiger partial charge in [-0.05, 0) is 91.6 Å². The normalized spacial score (nSPS) is 12.1. The lowest BCUT2D eigenvalue weighted by Gasteiger charge is -2.37. The van der Waals surface area contributed by atoms with Crippen molar-refractivity contribution in [2.24, 2.45) is 0 Å². The molecule has 0 saturated heterocycles. The van der Waals surface area contributed by atoms with Crippen LogP contribution in [0.1, 0.15) is 38.9 Å². The van der Waals surface area contributed by atoms with E-state index in [0.29, 0.717) is 0 Å². The fourth-order valence-electron chi connectivity index (χ4n) is 10.4. The summed E-state index contributed by atoms with van der Waals surface area (Å²) < 4.78 is 34.2. The van der Waals surface area contributed by atoms with Crippen molar-refractivity contribution in [2.45, 2.75) is 26.2 Å². The minimum absolute atomic E-state index is 0.621. The van der Waals surface area contributed by atoms with Crippen molar-refractivity contribution in [3.63, 3.8) is 0 Å². The van der Waals surface area contributed by atoms with E-state index in [4.69, 9.17) is 0 Å². The molecule has 0 aliphatic rings. The summed E-state index contributed by atoms with van der Waals surface area (Å²) in [6.45, 7) is 6.42. The molecule has 3 nitrogen and oxygen atoms in total. The Hall–Kier alpha value is -7.54. The summed E-state index contributed by atoms with van der Waals surface area (Å²) in [4.78, 5) is 0. The van der Waals surface area contributed by atoms with Crippen molar-refractivity contribution in [1.29, 1.82) is 0 Å². The van der Waals surface area contributed by atoms with Crippen molar-refractivity contribution >= 4 is 67.9 Å². The maximum atomic E-state index is 16.0. The summed E-state index contributed by atoms with van der Waals surface area (Å²) in [7, 11) is -6.70. The van der Waals surface area contributed by atoms with Crippen molar-refractivity contribution in [3.05, 3.63) is 294 Å². The highest BCUT2D eigenvalue weighted by atomic mass is 31.2. The average molecular weight is 928 g/mol. The van der Waals surface area contributed by atoms with E-state index < -0.39 is 19.7 Å². The van der Waals surface area contributed by atoms with E-state index in [-0.39, 0.29) is 0 Å². The summed E-state index contributed by atoms with van der Waals surface area (Å²) in [5, 5.41) is 6.42. The first-order valence-corrected chi connectivity index (χ1v) is 26.9. The van der Waals surface area contributed by atoms with Crippen LogP contribution in [0.5, 0.6) is 0 Å². The van der Waals surface area contributed by atoms with Crippen LogP contribution >= 0.6 is 14.3 Å². The first-order valence-electron chi connectivity index (χ1n) is 23.5. The third-order valence-corrected chi connectivity index (χ3v) is 20.1. The van der Waals surface area contributed by atoms with Crippen LogP contribution in [0.4, 0.5) is 0 Å². The summed E-state index contributed by atoms with van der Waals surface area (Å²) >= 11 is 0. The third kappa shape index (κ3) is 7.46. The molecule has 0 amide bonds. The first-order chi connectivity index (χ1) is 33.7. The second-order valence-corrected chi connectivity index (χ2v) is 23.7. The summed E-state index contributed by atoms with van der Waals surface area (Å²) in [5.41, 5.74) is 10.6. The molecule has 11 aromatic rings. The second kappa shape index (κ2) is 17.8. The molecular formula is C64H51NO2P2. The molecule has 5 heteroatoms. The molecule has 0 radical (unpaired) electrons. The quantitative estimate of drug-likeness (QED) is 0.0958. The fraction of sp³-hybridized carbons (Fsp3) is 0.0625. The van der Waals surface area contributed by atoms with Crippen LogP contribution in [0.3, 0.4) is 0 Å². The Labute approximate surface area is 405 Å². The van der Waals surface area contributed by atoms with Crippen LogP contribution in [0.15, 0.2) is 255 Å². The average Bonchev–Trinajstić information content (AvgIpc) is 3.74. The van der Waals surface area contributed by atoms with Gasteiger partial charge in [0, 0.05) is 48.3 Å². The largest absolute Gasteiger partial charge is 0.309 e. The van der Waals surface area contributed by atoms with Gasteiger partial charge in [-0.3, -0.25) is 0 Å². The number of nitrogens with zero attached hydrogens (tertiary/aromatic N) is 1. The van der Waals surface area contributed by atoms with Crippen LogP contribution in [-0.4, -0.2) is 4.57 Å². The smallest absolute Gasteiger partial charge is 0.171 e. The number of fused-ring (bicyclic) bond motifs is 3. The van der Waals surface area contributed by atoms with Crippen LogP contribution in [0.2, 0.25) is 0 Å². The van der Waals surface area contributed by atoms with Crippen molar-refractivity contribution in [3.8, 4) is 5.69 Å². The molecule has 0 unspecified atom stereocenters. The zero-order valence-electron chi connectivity index (χ0n) is 38.9. The van der Waals surface area contributed by atoms with Crippen LogP contribution in [-0.2, 0) is 14.5 Å². The summed E-state index contributed by atoms with van der Waals surface area (Å²) in [5.74, 6) is 0. The Morgan fingerprint density at radius 3 is 0.870 bits per heavy atom. The molecule has 0 bridgehead atoms. The Morgan fingerprint density at radius 2 is 0.580 bits per heavy atom. The van der Waals surface area contributed by atoms with Gasteiger partial charge in [0.05, 0.1) is 16.4 Å². The lowest BCUT2D eigenvalue weighted by molar-refractivity contribution is 0.591. The van der Waals surface area contributed by atoms with Gasteiger partial charge in [0.2, 0.25) is 0 Å². The standard InChI is InChI=1S/C64H51NO2P2/c1-46-24-30-49(31-25-46)64(50-32-26-47(2)27-33-50,51-34-28-48(3)29-35-51)52-36-38-53(39-37-52)65-62-42-40-58(68(66,54-16-8-4-9-17-54)55-18-10-5-11-19-55)44-60(62)61-45-59(41-43-63(61)65)69(67,56-20-12-6-13-21-56)57-22-14-7-15-23-57/h4-45H,1-3H3. The molecule has 0 atom stereocenters. The van der Waals surface area contributed by atoms with E-state index in [2.05, 4.69) is 147 Å². The minimum atomic E-state index is -3.35. The number of hydrogen-bond acceptors (Lipinski definition) is 2. The number of aryl methyl sites for hydroxylation is 3. The highest BCUT2D eigenvalue weighted by Crippen LogP contribution is 2.48. The Balaban J connectivity index is 1.17. The third-order valence-electron chi connectivity index (χ3n) is 14.0. The summed E-state index contributed by atoms with van der Waals surface area (Å²) in [6.07, 6.45) is 0. The zero-order valence-corrected chi connectivity index (χ0v) is 40.7. The van der Waals surface area contributed by atoms with Crippen molar-refractivity contribution in [1.82, 2.24) is 4.57 Å². The molecular weight excluding hydrogens is 877 g/mol. The van der Waals surface area contributed by atoms with Gasteiger partial charge in [-0.1, -0.05) is 223 Å². The first kappa shape index (κ1) is 44.0. The SMILES string of the molecule is Cc1ccc(C(c2ccc(C)cc2)(c2ccc(C)cc2)c2ccc(-n3c4ccc(P(=O)(c5ccccc5)c5ccccc5)cc4c4cc(P(=O)(c5ccccc5)c5ccccc5)ccc43)cc2)cc1. The Kier molecular flexibility index (Phi) is 11.4. The van der Waals surface area contributed by atoms with E-state index >= 15 is 9.13 Å². The van der Waals surface area contributed by atoms with Gasteiger partial charge in [0.15, 0.2) is 14.3 Å². The van der Waals surface area contributed by atoms with E-state index in [1.165, 1.54) is 33.4 Å². The molecule has 0 aliphatic heterocycles. The van der Waals surface area contributed by atoms with E-state index in [9.17, 15) is 0 Å². The van der Waals surface area contributed by atoms with Gasteiger partial charge in [-0.2, -0.15) is 0 Å². The number of benzene rings is 10. The minimum Gasteiger partial charge on any atom is -0.309 e. The second-order valence-electron chi connectivity index (χ2n) is 18.2. The fourth-order valence-corrected chi connectivity index (χ4v) is 15.7. The predicted octanol–water partition coefficient (Wildman–Crippen LogP) is 13.4. The van der Waals surface area contributed by atoms with Gasteiger partial charge in [-0.25, -0.2) is 0 Å². The number of aromatic nitrogens is 1. The van der Waals surface area contributed by atoms with Gasteiger partial charge in [0.25, 0.3) is 0 Å². The van der Waals surface area contributed by atoms with Crippen LogP contribution in [0, 0.1) is 20.8 Å². The van der Waals surface area contributed by atoms with Gasteiger partial charge in [-0.15, -0.1) is 0 Å². The maximum absolute atomic E-state index is 16.0. The molecule has 1 aromatic heterocycles. The lowest BCUT2D eigenvalue weighted by atomic mass is 9.65. The Bertz CT molecular complexity index is 3350. The predicted molar refractivity (Wildman–Crippen MR) is 292 cm³/mol. The molecule has 0 saturated carbocycles. The van der Waals surface area contributed by atoms with Crippen LogP contribution < -0.4 is 31.8 Å². The molecule has 0 aliphatic carbocycles. The molecule has 1 heterocycles. The highest BCUT2D eigenvalue weighted by molar-refractivity contribution is 7.85. The topological polar surface area (TPSA) is 39.1 Å². The highest BCUT2D eigenvalue weighted by Gasteiger charge is 2.39. The molecule has 0 spiro atoms. The van der Waals surface area contributed by atoms with Gasteiger partial charge in [0.1, 0.15) is 0 Å². The number of rotatable bonds is 11. The molecule has 334 valence electrons. The molecule has 69 heavy (non-hydrogen) atoms. The zero-order chi connectivity index (χ0) is 47.2. The van der Waals surface area contributed by atoms with Crippen LogP contribution in [0.25, 0.3) is 27.5 Å². The Morgan fingerprint density at radius 1 is 0.304 bits per heavy atom. The van der Waals surface area contributed by atoms with E-state index in [0.717, 1.165) is 64.9 Å². The van der Waals surface area contributed by atoms with E-state index in [1.54, 1.807) is 0 Å². The number of hydrogen-bond donors (Lipinski definition) is 0. The molecule has 11 rings (SSSR count). The van der Waals surface area contributed by atoms with Crippen molar-refractivity contribution < 1.29 is 9.13 Å². The summed E-state index contributed by atoms with van der Waals surface area (Å²) in [6, 6.07) is 87.9. The maximum Gasteiger partial charge on any atom is 0.171 e. The molecule has 0 N–H and O–H groups in total. The van der Waals surface area contributed by atoms with Gasteiger partial charge >= 0.3 is 0 Å².